The number of nitrogens with one attached hydrogen (secondary N) is 4. The van der Waals surface area contributed by atoms with Gasteiger partial charge in [-0.1, -0.05) is 126 Å². The number of allylic oxidation sites excluding steroid dienone is 8. The van der Waals surface area contributed by atoms with Crippen molar-refractivity contribution < 1.29 is 42.2 Å². The van der Waals surface area contributed by atoms with Crippen LogP contribution in [-0.4, -0.2) is 74.4 Å². The fourth-order valence-electron chi connectivity index (χ4n) is 5.82. The van der Waals surface area contributed by atoms with Crippen molar-refractivity contribution in [3.63, 3.8) is 0 Å². The van der Waals surface area contributed by atoms with Crippen molar-refractivity contribution in [1.82, 2.24) is 21.3 Å². The Hall–Kier alpha value is -5.37. The van der Waals surface area contributed by atoms with Crippen molar-refractivity contribution >= 4 is 29.1 Å². The molecule has 0 aromatic heterocycles. The van der Waals surface area contributed by atoms with E-state index in [4.69, 9.17) is 4.74 Å². The van der Waals surface area contributed by atoms with Crippen LogP contribution in [0.15, 0.2) is 120 Å². The number of rotatable bonds is 18. The van der Waals surface area contributed by atoms with E-state index in [1.54, 1.807) is 69.3 Å². The Labute approximate surface area is 347 Å². The monoisotopic (exact) mass is 822 g/mol. The summed E-state index contributed by atoms with van der Waals surface area (Å²) in [6.45, 7) is 17.1. The molecule has 1 aliphatic carbocycles. The van der Waals surface area contributed by atoms with Gasteiger partial charge in [-0.3, -0.25) is 24.5 Å². The van der Waals surface area contributed by atoms with Crippen molar-refractivity contribution in [2.45, 2.75) is 85.5 Å². The molecule has 0 heterocycles. The third-order valence-electron chi connectivity index (χ3n) is 8.52. The molecule has 3 rings (SSSR count). The summed E-state index contributed by atoms with van der Waals surface area (Å²) < 4.78 is 45.8. The molecule has 322 valence electrons. The van der Waals surface area contributed by atoms with Crippen LogP contribution in [0.25, 0.3) is 5.57 Å². The van der Waals surface area contributed by atoms with Gasteiger partial charge in [0.1, 0.15) is 18.2 Å². The zero-order valence-electron chi connectivity index (χ0n) is 35.5. The van der Waals surface area contributed by atoms with Gasteiger partial charge in [0.2, 0.25) is 5.91 Å². The van der Waals surface area contributed by atoms with E-state index in [2.05, 4.69) is 41.7 Å². The average Bonchev–Trinajstić information content (AvgIpc) is 3.49. The maximum absolute atomic E-state index is 13.6. The SMILES string of the molecule is C=C/C(NC(=O)c1ccccc1C1=CC=C(C(F)(F)F)CC=C1)=C(\C=C(/C)CC(=O)COCC(C(=O)NCC)(c1ccccc1)C(O)NCC)C(=O)NC.CC.CCC. The predicted molar refractivity (Wildman–Crippen MR) is 229 cm³/mol. The molecule has 2 unspecified atom stereocenters. The van der Waals surface area contributed by atoms with E-state index in [0.29, 0.717) is 35.4 Å². The average molecular weight is 823 g/mol. The molecule has 5 N–H and O–H groups in total. The molecule has 59 heavy (non-hydrogen) atoms. The van der Waals surface area contributed by atoms with Gasteiger partial charge in [0.15, 0.2) is 5.78 Å². The van der Waals surface area contributed by atoms with E-state index in [-0.39, 0.29) is 42.1 Å². The number of halogens is 3. The number of benzene rings is 2. The summed E-state index contributed by atoms with van der Waals surface area (Å²) in [7, 11) is 1.39. The molecule has 3 amide bonds. The van der Waals surface area contributed by atoms with Gasteiger partial charge in [0, 0.05) is 31.1 Å². The smallest absolute Gasteiger partial charge is 0.377 e. The number of alkyl halides is 3. The molecule has 0 saturated carbocycles. The number of hydrogen-bond donors (Lipinski definition) is 5. The molecule has 2 atom stereocenters. The Kier molecular flexibility index (Phi) is 23.3. The fraction of sp³-hybridized carbons (Fsp3) is 0.391. The first kappa shape index (κ1) is 51.6. The molecule has 2 aromatic rings. The maximum Gasteiger partial charge on any atom is 0.412 e. The summed E-state index contributed by atoms with van der Waals surface area (Å²) >= 11 is 0. The molecule has 0 bridgehead atoms. The first-order valence-corrected chi connectivity index (χ1v) is 19.8. The first-order chi connectivity index (χ1) is 28.1. The number of amides is 3. The summed E-state index contributed by atoms with van der Waals surface area (Å²) in [6, 6.07) is 15.0. The third-order valence-corrected chi connectivity index (χ3v) is 8.52. The van der Waals surface area contributed by atoms with Crippen LogP contribution in [0.1, 0.15) is 89.2 Å². The second-order valence-electron chi connectivity index (χ2n) is 13.1. The number of ether oxygens (including phenoxy) is 1. The van der Waals surface area contributed by atoms with Gasteiger partial charge in [-0.05, 0) is 61.7 Å². The number of carbonyl (C=O) groups is 4. The quantitative estimate of drug-likeness (QED) is 0.0586. The van der Waals surface area contributed by atoms with Crippen LogP contribution in [0, 0.1) is 0 Å². The van der Waals surface area contributed by atoms with Crippen molar-refractivity contribution in [2.75, 3.05) is 33.4 Å². The van der Waals surface area contributed by atoms with E-state index < -0.39 is 47.7 Å². The molecule has 0 aliphatic heterocycles. The van der Waals surface area contributed by atoms with Crippen molar-refractivity contribution in [1.29, 1.82) is 0 Å². The van der Waals surface area contributed by atoms with Crippen LogP contribution in [0.2, 0.25) is 0 Å². The summed E-state index contributed by atoms with van der Waals surface area (Å²) in [6.07, 6.45) is 2.81. The molecule has 10 nitrogen and oxygen atoms in total. The van der Waals surface area contributed by atoms with E-state index in [1.807, 2.05) is 13.8 Å². The number of hydrogen-bond acceptors (Lipinski definition) is 7. The highest BCUT2D eigenvalue weighted by Crippen LogP contribution is 2.32. The number of ketones is 1. The summed E-state index contributed by atoms with van der Waals surface area (Å²) in [5.41, 5.74) is -0.470. The zero-order valence-corrected chi connectivity index (χ0v) is 35.5. The van der Waals surface area contributed by atoms with Crippen molar-refractivity contribution in [2.24, 2.45) is 0 Å². The summed E-state index contributed by atoms with van der Waals surface area (Å²) in [4.78, 5) is 53.3. The molecule has 2 aromatic carbocycles. The van der Waals surface area contributed by atoms with Gasteiger partial charge < -0.3 is 25.8 Å². The summed E-state index contributed by atoms with van der Waals surface area (Å²) in [5, 5.41) is 22.0. The van der Waals surface area contributed by atoms with Gasteiger partial charge in [-0.2, -0.15) is 13.2 Å². The number of aliphatic hydroxyl groups is 1. The number of likely N-dealkylation sites (N-methyl/N-ethyl adjacent to an activating group) is 3. The minimum atomic E-state index is -4.49. The van der Waals surface area contributed by atoms with E-state index in [1.165, 1.54) is 49.9 Å². The molecular formula is C46H61F3N4O6. The number of carbonyl (C=O) groups excluding carboxylic acids is 4. The van der Waals surface area contributed by atoms with E-state index in [0.717, 1.165) is 6.08 Å². The lowest BCUT2D eigenvalue weighted by molar-refractivity contribution is -0.139. The van der Waals surface area contributed by atoms with Crippen molar-refractivity contribution in [3.8, 4) is 0 Å². The Morgan fingerprint density at radius 3 is 2.15 bits per heavy atom. The fourth-order valence-corrected chi connectivity index (χ4v) is 5.82. The molecule has 0 spiro atoms. The Morgan fingerprint density at radius 2 is 1.58 bits per heavy atom. The second-order valence-corrected chi connectivity index (χ2v) is 13.1. The van der Waals surface area contributed by atoms with Crippen LogP contribution in [-0.2, 0) is 24.5 Å². The van der Waals surface area contributed by atoms with Gasteiger partial charge >= 0.3 is 6.18 Å². The lowest BCUT2D eigenvalue weighted by atomic mass is 9.78. The van der Waals surface area contributed by atoms with Crippen LogP contribution in [0.3, 0.4) is 0 Å². The second kappa shape index (κ2) is 26.6. The van der Waals surface area contributed by atoms with Crippen LogP contribution < -0.4 is 21.3 Å². The third kappa shape index (κ3) is 15.4. The largest absolute Gasteiger partial charge is 0.412 e. The molecule has 0 saturated heterocycles. The van der Waals surface area contributed by atoms with Crippen LogP contribution >= 0.6 is 0 Å². The van der Waals surface area contributed by atoms with Gasteiger partial charge in [0.25, 0.3) is 11.8 Å². The maximum atomic E-state index is 13.6. The van der Waals surface area contributed by atoms with Crippen molar-refractivity contribution in [3.05, 3.63) is 137 Å². The standard InChI is InChI=1S/C41H47F3N4O6.C3H8.C2H6/c1-6-35(48-37(51)33-20-13-12-19-32(33)28-15-14-18-30(22-21-28)41(42,43)44)34(36(50)45-5)24-27(4)23-31(49)25-54-26-40(38(52)46-7-2,39(53)47-8-3)29-16-10-9-11-17-29;1-3-2;1-2/h6,9-17,19-22,24,38,46,52H,1,7-8,18,23,25-26H2,2-5H3,(H,45,50)(H,47,53)(H,48,51);3H2,1-2H3;1-2H3/b27-24+,35-34-;;. The number of aliphatic hydroxyl groups excluding tert-OH is 1. The van der Waals surface area contributed by atoms with Crippen LogP contribution in [0.5, 0.6) is 0 Å². The normalized spacial score (nSPS) is 14.5. The first-order valence-electron chi connectivity index (χ1n) is 19.8. The minimum Gasteiger partial charge on any atom is -0.377 e. The molecule has 0 fully saturated rings. The summed E-state index contributed by atoms with van der Waals surface area (Å²) in [5.74, 6) is -2.11. The lowest BCUT2D eigenvalue weighted by Gasteiger charge is -2.37. The topological polar surface area (TPSA) is 146 Å². The van der Waals surface area contributed by atoms with E-state index in [9.17, 15) is 37.5 Å². The zero-order chi connectivity index (χ0) is 44.6. The highest BCUT2D eigenvalue weighted by molar-refractivity contribution is 6.03. The lowest BCUT2D eigenvalue weighted by Crippen LogP contribution is -2.60. The Bertz CT molecular complexity index is 1860. The van der Waals surface area contributed by atoms with Gasteiger partial charge in [-0.25, -0.2) is 0 Å². The minimum absolute atomic E-state index is 0.0102. The van der Waals surface area contributed by atoms with Gasteiger partial charge in [0.05, 0.1) is 17.9 Å². The highest BCUT2D eigenvalue weighted by Gasteiger charge is 2.47. The molecule has 0 radical (unpaired) electrons. The van der Waals surface area contributed by atoms with Crippen LogP contribution in [0.4, 0.5) is 13.2 Å². The predicted octanol–water partition coefficient (Wildman–Crippen LogP) is 7.80. The molecule has 1 aliphatic rings. The number of Topliss-reactive ketones (excluding diaryl/α,β-unsaturated/α-hetero) is 1. The van der Waals surface area contributed by atoms with Gasteiger partial charge in [-0.15, -0.1) is 0 Å². The Balaban J connectivity index is 0.00000332. The molecular weight excluding hydrogens is 762 g/mol. The van der Waals surface area contributed by atoms with E-state index >= 15 is 0 Å². The highest BCUT2D eigenvalue weighted by atomic mass is 19.4. The Morgan fingerprint density at radius 1 is 0.949 bits per heavy atom. The molecule has 13 heteroatoms.